The number of aromatic nitrogens is 2. The molecule has 0 saturated heterocycles. The molecule has 0 amide bonds. The molecule has 0 bridgehead atoms. The number of benzene rings is 1. The first-order chi connectivity index (χ1) is 8.94. The Kier molecular flexibility index (Phi) is 4.00. The number of nitrogens with zero attached hydrogens (tertiary/aromatic N) is 2. The van der Waals surface area contributed by atoms with Crippen molar-refractivity contribution in [1.82, 2.24) is 14.9 Å². The van der Waals surface area contributed by atoms with E-state index in [2.05, 4.69) is 31.1 Å². The predicted molar refractivity (Wildman–Crippen MR) is 74.3 cm³/mol. The van der Waals surface area contributed by atoms with Gasteiger partial charge in [0.05, 0.1) is 12.0 Å². The highest BCUT2D eigenvalue weighted by molar-refractivity contribution is 5.17. The summed E-state index contributed by atoms with van der Waals surface area (Å²) in [7, 11) is 0. The van der Waals surface area contributed by atoms with Crippen LogP contribution in [0.3, 0.4) is 0 Å². The van der Waals surface area contributed by atoms with Crippen LogP contribution >= 0.6 is 0 Å². The lowest BCUT2D eigenvalue weighted by molar-refractivity contribution is 0.417. The van der Waals surface area contributed by atoms with E-state index in [1.54, 1.807) is 18.5 Å². The number of rotatable bonds is 4. The summed E-state index contributed by atoms with van der Waals surface area (Å²) in [6.45, 7) is 7.76. The van der Waals surface area contributed by atoms with E-state index in [1.165, 1.54) is 6.07 Å². The molecule has 1 heterocycles. The Labute approximate surface area is 113 Å². The lowest BCUT2D eigenvalue weighted by Crippen LogP contribution is -2.35. The van der Waals surface area contributed by atoms with Crippen molar-refractivity contribution < 1.29 is 4.39 Å². The molecule has 1 aromatic carbocycles. The van der Waals surface area contributed by atoms with E-state index in [1.807, 2.05) is 16.8 Å². The zero-order valence-corrected chi connectivity index (χ0v) is 11.7. The molecule has 0 saturated carbocycles. The van der Waals surface area contributed by atoms with Crippen molar-refractivity contribution in [2.45, 2.75) is 39.4 Å². The van der Waals surface area contributed by atoms with Gasteiger partial charge >= 0.3 is 0 Å². The number of hydrogen-bond donors (Lipinski definition) is 1. The van der Waals surface area contributed by atoms with Gasteiger partial charge in [-0.25, -0.2) is 9.37 Å². The third-order valence-corrected chi connectivity index (χ3v) is 2.84. The Hall–Kier alpha value is -1.68. The van der Waals surface area contributed by atoms with Gasteiger partial charge in [0.1, 0.15) is 5.82 Å². The second kappa shape index (κ2) is 5.53. The average Bonchev–Trinajstić information content (AvgIpc) is 2.73. The standard InChI is InChI=1S/C15H20FN3/c1-15(2,3)18-9-14-8-17-11-19(14)10-12-5-4-6-13(16)7-12/h4-8,11,18H,9-10H2,1-3H3. The maximum Gasteiger partial charge on any atom is 0.123 e. The predicted octanol–water partition coefficient (Wildman–Crippen LogP) is 2.96. The Morgan fingerprint density at radius 2 is 2.11 bits per heavy atom. The smallest absolute Gasteiger partial charge is 0.123 e. The van der Waals surface area contributed by atoms with Gasteiger partial charge in [0, 0.05) is 24.8 Å². The highest BCUT2D eigenvalue weighted by Gasteiger charge is 2.10. The van der Waals surface area contributed by atoms with E-state index in [9.17, 15) is 4.39 Å². The third-order valence-electron chi connectivity index (χ3n) is 2.84. The van der Waals surface area contributed by atoms with E-state index in [4.69, 9.17) is 0 Å². The molecule has 0 aliphatic heterocycles. The summed E-state index contributed by atoms with van der Waals surface area (Å²) < 4.78 is 15.2. The summed E-state index contributed by atoms with van der Waals surface area (Å²) in [5.41, 5.74) is 2.10. The third kappa shape index (κ3) is 4.17. The summed E-state index contributed by atoms with van der Waals surface area (Å²) in [5, 5.41) is 3.43. The SMILES string of the molecule is CC(C)(C)NCc1cncn1Cc1cccc(F)c1. The second-order valence-electron chi connectivity index (χ2n) is 5.75. The molecule has 0 spiro atoms. The maximum atomic E-state index is 13.2. The molecule has 19 heavy (non-hydrogen) atoms. The monoisotopic (exact) mass is 261 g/mol. The molecule has 2 aromatic rings. The zero-order valence-electron chi connectivity index (χ0n) is 11.7. The van der Waals surface area contributed by atoms with Crippen LogP contribution in [0, 0.1) is 5.82 Å². The summed E-state index contributed by atoms with van der Waals surface area (Å²) in [5.74, 6) is -0.202. The Bertz CT molecular complexity index is 540. The summed E-state index contributed by atoms with van der Waals surface area (Å²) in [4.78, 5) is 4.17. The Morgan fingerprint density at radius 3 is 2.79 bits per heavy atom. The van der Waals surface area contributed by atoms with Gasteiger partial charge in [-0.15, -0.1) is 0 Å². The Morgan fingerprint density at radius 1 is 1.32 bits per heavy atom. The molecule has 1 aromatic heterocycles. The summed E-state index contributed by atoms with van der Waals surface area (Å²) >= 11 is 0. The first-order valence-electron chi connectivity index (χ1n) is 6.42. The normalized spacial score (nSPS) is 11.8. The molecule has 1 N–H and O–H groups in total. The topological polar surface area (TPSA) is 29.9 Å². The quantitative estimate of drug-likeness (QED) is 0.917. The summed E-state index contributed by atoms with van der Waals surface area (Å²) in [6.07, 6.45) is 3.63. The van der Waals surface area contributed by atoms with E-state index >= 15 is 0 Å². The van der Waals surface area contributed by atoms with Crippen LogP contribution in [0.15, 0.2) is 36.8 Å². The molecule has 0 atom stereocenters. The molecular formula is C15H20FN3. The van der Waals surface area contributed by atoms with E-state index in [0.29, 0.717) is 6.54 Å². The maximum absolute atomic E-state index is 13.2. The first-order valence-corrected chi connectivity index (χ1v) is 6.42. The van der Waals surface area contributed by atoms with Gasteiger partial charge in [0.25, 0.3) is 0 Å². The van der Waals surface area contributed by atoms with Crippen LogP contribution in [-0.2, 0) is 13.1 Å². The molecule has 2 rings (SSSR count). The van der Waals surface area contributed by atoms with Crippen LogP contribution in [0.4, 0.5) is 4.39 Å². The van der Waals surface area contributed by atoms with Crippen LogP contribution < -0.4 is 5.32 Å². The fourth-order valence-electron chi connectivity index (χ4n) is 1.83. The molecule has 102 valence electrons. The molecular weight excluding hydrogens is 241 g/mol. The van der Waals surface area contributed by atoms with Crippen molar-refractivity contribution >= 4 is 0 Å². The average molecular weight is 261 g/mol. The van der Waals surface area contributed by atoms with Crippen LogP contribution in [0.1, 0.15) is 32.0 Å². The minimum absolute atomic E-state index is 0.0634. The van der Waals surface area contributed by atoms with Gasteiger partial charge in [-0.3, -0.25) is 0 Å². The van der Waals surface area contributed by atoms with Gasteiger partial charge in [0.2, 0.25) is 0 Å². The second-order valence-corrected chi connectivity index (χ2v) is 5.75. The molecule has 0 aliphatic rings. The fraction of sp³-hybridized carbons (Fsp3) is 0.400. The van der Waals surface area contributed by atoms with Gasteiger partial charge in [-0.05, 0) is 38.5 Å². The van der Waals surface area contributed by atoms with Crippen LogP contribution in [0.5, 0.6) is 0 Å². The van der Waals surface area contributed by atoms with Crippen molar-refractivity contribution in [2.75, 3.05) is 0 Å². The molecule has 4 heteroatoms. The highest BCUT2D eigenvalue weighted by Crippen LogP contribution is 2.09. The highest BCUT2D eigenvalue weighted by atomic mass is 19.1. The van der Waals surface area contributed by atoms with Crippen molar-refractivity contribution in [3.63, 3.8) is 0 Å². The number of hydrogen-bond acceptors (Lipinski definition) is 2. The van der Waals surface area contributed by atoms with Crippen LogP contribution in [0.2, 0.25) is 0 Å². The molecule has 0 aliphatic carbocycles. The van der Waals surface area contributed by atoms with Gasteiger partial charge < -0.3 is 9.88 Å². The largest absolute Gasteiger partial charge is 0.329 e. The minimum Gasteiger partial charge on any atom is -0.329 e. The number of nitrogens with one attached hydrogen (secondary N) is 1. The van der Waals surface area contributed by atoms with E-state index < -0.39 is 0 Å². The fourth-order valence-corrected chi connectivity index (χ4v) is 1.83. The molecule has 3 nitrogen and oxygen atoms in total. The Balaban J connectivity index is 2.07. The lowest BCUT2D eigenvalue weighted by atomic mass is 10.1. The molecule has 0 radical (unpaired) electrons. The minimum atomic E-state index is -0.202. The van der Waals surface area contributed by atoms with E-state index in [-0.39, 0.29) is 11.4 Å². The van der Waals surface area contributed by atoms with Gasteiger partial charge in [0.15, 0.2) is 0 Å². The first kappa shape index (κ1) is 13.7. The van der Waals surface area contributed by atoms with Crippen molar-refractivity contribution in [2.24, 2.45) is 0 Å². The molecule has 0 unspecified atom stereocenters. The number of halogens is 1. The van der Waals surface area contributed by atoms with Gasteiger partial charge in [-0.1, -0.05) is 12.1 Å². The van der Waals surface area contributed by atoms with E-state index in [0.717, 1.165) is 17.8 Å². The van der Waals surface area contributed by atoms with Crippen LogP contribution in [0.25, 0.3) is 0 Å². The van der Waals surface area contributed by atoms with Crippen molar-refractivity contribution in [3.8, 4) is 0 Å². The van der Waals surface area contributed by atoms with Crippen molar-refractivity contribution in [1.29, 1.82) is 0 Å². The lowest BCUT2D eigenvalue weighted by Gasteiger charge is -2.21. The van der Waals surface area contributed by atoms with Crippen molar-refractivity contribution in [3.05, 3.63) is 53.9 Å². The summed E-state index contributed by atoms with van der Waals surface area (Å²) in [6, 6.07) is 6.67. The molecule has 0 fully saturated rings. The van der Waals surface area contributed by atoms with Crippen LogP contribution in [-0.4, -0.2) is 15.1 Å². The van der Waals surface area contributed by atoms with Gasteiger partial charge in [-0.2, -0.15) is 0 Å². The number of imidazole rings is 1. The zero-order chi connectivity index (χ0) is 13.9.